The molecule has 2 heterocycles. The van der Waals surface area contributed by atoms with Crippen LogP contribution in [-0.2, 0) is 22.5 Å². The minimum atomic E-state index is -0.331. The second-order valence-electron chi connectivity index (χ2n) is 12.3. The van der Waals surface area contributed by atoms with Crippen molar-refractivity contribution in [2.24, 2.45) is 10.8 Å². The second-order valence-corrected chi connectivity index (χ2v) is 12.3. The zero-order valence-electron chi connectivity index (χ0n) is 25.5. The van der Waals surface area contributed by atoms with E-state index >= 15 is 0 Å². The zero-order valence-corrected chi connectivity index (χ0v) is 26.4. The number of hydrogen-bond donors (Lipinski definition) is 0. The maximum atomic E-state index is 12.4. The number of hydrogen-bond acceptors (Lipinski definition) is 6. The van der Waals surface area contributed by atoms with Gasteiger partial charge in [0.15, 0.2) is 11.6 Å². The third kappa shape index (κ3) is 9.14. The second kappa shape index (κ2) is 14.4. The molecule has 2 aromatic carbocycles. The molecular weight excluding hydrogens is 584 g/mol. The predicted molar refractivity (Wildman–Crippen MR) is 157 cm³/mol. The monoisotopic (exact) mass is 624 g/mol. The molecule has 9 nitrogen and oxygen atoms in total. The Balaban J connectivity index is 0.000000401. The van der Waals surface area contributed by atoms with Crippen LogP contribution in [0.25, 0.3) is 11.4 Å². The van der Waals surface area contributed by atoms with Crippen LogP contribution in [0.1, 0.15) is 86.5 Å². The van der Waals surface area contributed by atoms with Gasteiger partial charge in [0.25, 0.3) is 0 Å². The number of aryl methyl sites for hydroxylation is 2. The summed E-state index contributed by atoms with van der Waals surface area (Å²) in [5.41, 5.74) is 2.47. The van der Waals surface area contributed by atoms with Crippen molar-refractivity contribution in [1.29, 1.82) is 0 Å². The van der Waals surface area contributed by atoms with Gasteiger partial charge >= 0.3 is 17.1 Å². The minimum absolute atomic E-state index is 0. The van der Waals surface area contributed by atoms with E-state index in [0.29, 0.717) is 35.6 Å². The number of carbonyl (C=O) groups excluding carboxylic acids is 2. The van der Waals surface area contributed by atoms with Crippen LogP contribution >= 0.6 is 0 Å². The minimum Gasteiger partial charge on any atom is -0.858 e. The molecule has 10 heteroatoms. The van der Waals surface area contributed by atoms with Crippen LogP contribution in [0.15, 0.2) is 60.7 Å². The van der Waals surface area contributed by atoms with Crippen molar-refractivity contribution in [2.75, 3.05) is 0 Å². The molecule has 0 bridgehead atoms. The van der Waals surface area contributed by atoms with Crippen molar-refractivity contribution in [3.8, 4) is 23.1 Å². The van der Waals surface area contributed by atoms with Crippen molar-refractivity contribution >= 4 is 11.6 Å². The fraction of sp³-hybridized carbons (Fsp3) is 0.375. The van der Waals surface area contributed by atoms with Gasteiger partial charge in [-0.2, -0.15) is 10.2 Å². The Labute approximate surface area is 258 Å². The topological polar surface area (TPSA) is 149 Å². The first kappa shape index (κ1) is 36.3. The number of benzene rings is 2. The number of Topliss-reactive ketones (excluding diaryl/α,β-unsaturated/α-hetero) is 2. The Kier molecular flexibility index (Phi) is 12.5. The molecule has 0 fully saturated rings. The Bertz CT molecular complexity index is 1370. The van der Waals surface area contributed by atoms with E-state index in [9.17, 15) is 19.8 Å². The summed E-state index contributed by atoms with van der Waals surface area (Å²) in [5, 5.41) is 33.2. The molecule has 0 aliphatic carbocycles. The molecule has 0 aliphatic heterocycles. The van der Waals surface area contributed by atoms with E-state index in [4.69, 9.17) is 0 Å². The first-order chi connectivity index (χ1) is 18.6. The van der Waals surface area contributed by atoms with Crippen LogP contribution < -0.4 is 10.2 Å². The van der Waals surface area contributed by atoms with E-state index in [1.807, 2.05) is 77.9 Å². The van der Waals surface area contributed by atoms with Crippen molar-refractivity contribution in [3.63, 3.8) is 0 Å². The summed E-state index contributed by atoms with van der Waals surface area (Å²) in [5.74, 6) is -0.935. The summed E-state index contributed by atoms with van der Waals surface area (Å²) >= 11 is 0. The van der Waals surface area contributed by atoms with E-state index < -0.39 is 0 Å². The van der Waals surface area contributed by atoms with Gasteiger partial charge in [-0.05, 0) is 48.9 Å². The number of carbonyl (C=O) groups is 2. The molecule has 3 N–H and O–H groups in total. The number of aromatic nitrogens is 4. The van der Waals surface area contributed by atoms with Gasteiger partial charge in [0.2, 0.25) is 0 Å². The smallest absolute Gasteiger partial charge is 0.858 e. The largest absolute Gasteiger partial charge is 2.00 e. The van der Waals surface area contributed by atoms with Gasteiger partial charge in [-0.15, -0.1) is 0 Å². The van der Waals surface area contributed by atoms with E-state index in [1.54, 1.807) is 38.1 Å². The molecular formula is C32H41CuN4O5+. The fourth-order valence-electron chi connectivity index (χ4n) is 4.28. The molecule has 4 rings (SSSR count). The molecule has 0 amide bonds. The van der Waals surface area contributed by atoms with Crippen LogP contribution in [0.2, 0.25) is 0 Å². The van der Waals surface area contributed by atoms with E-state index in [0.717, 1.165) is 0 Å². The average molecular weight is 625 g/mol. The van der Waals surface area contributed by atoms with Crippen LogP contribution in [0, 0.1) is 24.7 Å². The van der Waals surface area contributed by atoms with Crippen LogP contribution in [0.3, 0.4) is 0 Å². The summed E-state index contributed by atoms with van der Waals surface area (Å²) in [4.78, 5) is 24.6. The van der Waals surface area contributed by atoms with Crippen molar-refractivity contribution in [1.82, 2.24) is 19.6 Å². The number of rotatable bonds is 6. The van der Waals surface area contributed by atoms with Gasteiger partial charge in [-0.1, -0.05) is 77.9 Å². The molecule has 4 aromatic rings. The SMILES string of the molecule is Cc1nn(-c2ccccc2)c([O-])c1C(=O)CC(C)(C)C.Cc1nn(-c2ccccc2)c([O-])c1C(=O)CC(C)(C)C.[Cu+2].[OH3+]. The standard InChI is InChI=1S/2C16H20N2O2.Cu.H2O/c2*1-11-14(13(19)10-16(2,3)4)15(20)18(17-11)12-8-6-5-7-9-12;;/h2*5-9,20H,10H2,1-4H3;;1H2/q;;+2;/p-1. The first-order valence-corrected chi connectivity index (χ1v) is 13.3. The van der Waals surface area contributed by atoms with E-state index in [2.05, 4.69) is 10.2 Å². The number of para-hydroxylation sites is 2. The maximum Gasteiger partial charge on any atom is 2.00 e. The molecule has 0 atom stereocenters. The number of nitrogens with zero attached hydrogens (tertiary/aromatic N) is 4. The quantitative estimate of drug-likeness (QED) is 0.170. The summed E-state index contributed by atoms with van der Waals surface area (Å²) < 4.78 is 2.59. The molecule has 0 unspecified atom stereocenters. The zero-order chi connectivity index (χ0) is 29.8. The van der Waals surface area contributed by atoms with Crippen LogP contribution in [0.5, 0.6) is 11.8 Å². The van der Waals surface area contributed by atoms with Gasteiger partial charge in [-0.25, -0.2) is 9.36 Å². The fourth-order valence-corrected chi connectivity index (χ4v) is 4.28. The molecule has 0 aliphatic rings. The van der Waals surface area contributed by atoms with Crippen molar-refractivity contribution in [3.05, 3.63) is 83.2 Å². The summed E-state index contributed by atoms with van der Waals surface area (Å²) in [6.07, 6.45) is 0.674. The average Bonchev–Trinajstić information content (AvgIpc) is 3.32. The van der Waals surface area contributed by atoms with Gasteiger partial charge in [0.1, 0.15) is 0 Å². The Morgan fingerprint density at radius 2 is 0.929 bits per heavy atom. The number of ketones is 2. The summed E-state index contributed by atoms with van der Waals surface area (Å²) in [6, 6.07) is 18.3. The Morgan fingerprint density at radius 1 is 0.643 bits per heavy atom. The van der Waals surface area contributed by atoms with E-state index in [1.165, 1.54) is 9.36 Å². The molecule has 229 valence electrons. The maximum absolute atomic E-state index is 12.4. The van der Waals surface area contributed by atoms with Gasteiger partial charge in [0.05, 0.1) is 33.9 Å². The van der Waals surface area contributed by atoms with Crippen LogP contribution in [-0.4, -0.2) is 31.1 Å². The summed E-state index contributed by atoms with van der Waals surface area (Å²) in [7, 11) is 0. The van der Waals surface area contributed by atoms with Gasteiger partial charge in [-0.3, -0.25) is 9.59 Å². The Hall–Kier alpha value is -3.72. The Morgan fingerprint density at radius 3 is 1.19 bits per heavy atom. The van der Waals surface area contributed by atoms with Gasteiger partial charge in [0, 0.05) is 24.6 Å². The van der Waals surface area contributed by atoms with Crippen molar-refractivity contribution < 1.29 is 42.3 Å². The van der Waals surface area contributed by atoms with Crippen molar-refractivity contribution in [2.45, 2.75) is 68.2 Å². The van der Waals surface area contributed by atoms with Gasteiger partial charge < -0.3 is 15.7 Å². The summed E-state index contributed by atoms with van der Waals surface area (Å²) in [6.45, 7) is 15.3. The molecule has 2 aromatic heterocycles. The molecule has 0 spiro atoms. The molecule has 0 saturated carbocycles. The molecule has 1 radical (unpaired) electrons. The third-order valence-electron chi connectivity index (χ3n) is 5.98. The van der Waals surface area contributed by atoms with Crippen LogP contribution in [0.4, 0.5) is 0 Å². The first-order valence-electron chi connectivity index (χ1n) is 13.3. The van der Waals surface area contributed by atoms with E-state index in [-0.39, 0.29) is 67.8 Å². The molecule has 0 saturated heterocycles. The normalized spacial score (nSPS) is 11.0. The molecule has 42 heavy (non-hydrogen) atoms. The predicted octanol–water partition coefficient (Wildman–Crippen LogP) is 4.82. The third-order valence-corrected chi connectivity index (χ3v) is 5.98.